The van der Waals surface area contributed by atoms with E-state index in [-0.39, 0.29) is 16.8 Å². The molecule has 3 aliphatic rings. The number of carbonyl (C=O) groups excluding carboxylic acids is 1. The summed E-state index contributed by atoms with van der Waals surface area (Å²) in [5, 5.41) is 0. The van der Waals surface area contributed by atoms with Gasteiger partial charge in [0, 0.05) is 0 Å². The second kappa shape index (κ2) is 5.79. The maximum Gasteiger partial charge on any atom is 0.311 e. The molecule has 0 saturated heterocycles. The fourth-order valence-corrected chi connectivity index (χ4v) is 5.89. The minimum absolute atomic E-state index is 0.00933. The van der Waals surface area contributed by atoms with Crippen molar-refractivity contribution in [3.63, 3.8) is 0 Å². The van der Waals surface area contributed by atoms with Crippen LogP contribution in [0.5, 0.6) is 0 Å². The Morgan fingerprint density at radius 1 is 1.30 bits per heavy atom. The lowest BCUT2D eigenvalue weighted by Gasteiger charge is -2.58. The van der Waals surface area contributed by atoms with Crippen molar-refractivity contribution < 1.29 is 9.53 Å². The zero-order valence-electron chi connectivity index (χ0n) is 15.4. The molecule has 0 bridgehead atoms. The molecular weight excluding hydrogens is 284 g/mol. The summed E-state index contributed by atoms with van der Waals surface area (Å²) in [6.07, 6.45) is 11.8. The van der Waals surface area contributed by atoms with Gasteiger partial charge in [-0.15, -0.1) is 0 Å². The molecule has 2 heteroatoms. The summed E-state index contributed by atoms with van der Waals surface area (Å²) < 4.78 is 5.21. The van der Waals surface area contributed by atoms with Gasteiger partial charge in [-0.2, -0.15) is 0 Å². The summed E-state index contributed by atoms with van der Waals surface area (Å²) in [7, 11) is 1.55. The van der Waals surface area contributed by atoms with Crippen molar-refractivity contribution in [3.05, 3.63) is 23.3 Å². The van der Waals surface area contributed by atoms with Crippen LogP contribution in [0.25, 0.3) is 0 Å². The number of methoxy groups -OCH3 is 1. The molecule has 0 aromatic heterocycles. The summed E-state index contributed by atoms with van der Waals surface area (Å²) in [5.41, 5.74) is 3.09. The summed E-state index contributed by atoms with van der Waals surface area (Å²) in [6.45, 7) is 9.18. The molecule has 0 radical (unpaired) electrons. The van der Waals surface area contributed by atoms with E-state index >= 15 is 0 Å². The van der Waals surface area contributed by atoms with Crippen molar-refractivity contribution in [1.82, 2.24) is 0 Å². The molecule has 23 heavy (non-hydrogen) atoms. The molecule has 0 aromatic rings. The molecule has 2 nitrogen and oxygen atoms in total. The minimum atomic E-state index is -0.296. The lowest BCUT2D eigenvalue weighted by atomic mass is 9.46. The Morgan fingerprint density at radius 3 is 2.70 bits per heavy atom. The first-order valence-corrected chi connectivity index (χ1v) is 9.32. The van der Waals surface area contributed by atoms with Gasteiger partial charge in [-0.25, -0.2) is 0 Å². The maximum atomic E-state index is 12.5. The Labute approximate surface area is 141 Å². The molecule has 0 heterocycles. The van der Waals surface area contributed by atoms with E-state index in [9.17, 15) is 4.79 Å². The highest BCUT2D eigenvalue weighted by Gasteiger charge is 2.58. The third kappa shape index (κ3) is 2.49. The standard InChI is InChI=1S/C21H32O2/c1-14(2)15-7-9-17-16(13-15)8-10-18-20(17,3)11-6-12-21(18,4)19(22)23-5/h7,13-14,17-18H,6,8-12H2,1-5H3/t17?,18?,20-,21+/m1/s1. The summed E-state index contributed by atoms with van der Waals surface area (Å²) >= 11 is 0. The van der Waals surface area contributed by atoms with Crippen LogP contribution >= 0.6 is 0 Å². The lowest BCUT2D eigenvalue weighted by molar-refractivity contribution is -0.167. The Hall–Kier alpha value is -1.05. The van der Waals surface area contributed by atoms with Gasteiger partial charge in [0.1, 0.15) is 0 Å². The van der Waals surface area contributed by atoms with Gasteiger partial charge in [-0.05, 0) is 67.8 Å². The van der Waals surface area contributed by atoms with E-state index in [2.05, 4.69) is 39.8 Å². The summed E-state index contributed by atoms with van der Waals surface area (Å²) in [4.78, 5) is 12.5. The molecule has 128 valence electrons. The number of allylic oxidation sites excluding steroid dienone is 4. The molecule has 0 spiro atoms. The fourth-order valence-electron chi connectivity index (χ4n) is 5.89. The predicted molar refractivity (Wildman–Crippen MR) is 93.9 cm³/mol. The van der Waals surface area contributed by atoms with Gasteiger partial charge in [-0.1, -0.05) is 44.9 Å². The van der Waals surface area contributed by atoms with Crippen LogP contribution in [0.4, 0.5) is 0 Å². The predicted octanol–water partition coefficient (Wildman–Crippen LogP) is 5.29. The molecular formula is C21H32O2. The Morgan fingerprint density at radius 2 is 2.04 bits per heavy atom. The van der Waals surface area contributed by atoms with Crippen molar-refractivity contribution >= 4 is 5.97 Å². The smallest absolute Gasteiger partial charge is 0.311 e. The molecule has 0 amide bonds. The highest BCUT2D eigenvalue weighted by molar-refractivity contribution is 5.77. The number of hydrogen-bond donors (Lipinski definition) is 0. The van der Waals surface area contributed by atoms with Crippen LogP contribution in [0, 0.1) is 28.6 Å². The first kappa shape index (κ1) is 16.8. The highest BCUT2D eigenvalue weighted by atomic mass is 16.5. The first-order valence-electron chi connectivity index (χ1n) is 9.32. The molecule has 2 fully saturated rings. The van der Waals surface area contributed by atoms with Gasteiger partial charge < -0.3 is 4.74 Å². The van der Waals surface area contributed by atoms with E-state index in [0.29, 0.717) is 17.8 Å². The maximum absolute atomic E-state index is 12.5. The summed E-state index contributed by atoms with van der Waals surface area (Å²) in [5.74, 6) is 1.69. The van der Waals surface area contributed by atoms with E-state index in [1.807, 2.05) is 0 Å². The van der Waals surface area contributed by atoms with E-state index in [1.165, 1.54) is 12.0 Å². The summed E-state index contributed by atoms with van der Waals surface area (Å²) in [6, 6.07) is 0. The minimum Gasteiger partial charge on any atom is -0.469 e. The van der Waals surface area contributed by atoms with Gasteiger partial charge in [-0.3, -0.25) is 4.79 Å². The van der Waals surface area contributed by atoms with E-state index in [4.69, 9.17) is 4.74 Å². The van der Waals surface area contributed by atoms with Gasteiger partial charge in [0.25, 0.3) is 0 Å². The molecule has 3 aliphatic carbocycles. The molecule has 4 atom stereocenters. The molecule has 0 N–H and O–H groups in total. The number of fused-ring (bicyclic) bond motifs is 3. The average Bonchev–Trinajstić information content (AvgIpc) is 2.53. The van der Waals surface area contributed by atoms with Gasteiger partial charge in [0.2, 0.25) is 0 Å². The molecule has 2 saturated carbocycles. The third-order valence-corrected chi connectivity index (χ3v) is 7.20. The second-order valence-corrected chi connectivity index (χ2v) is 8.73. The zero-order valence-corrected chi connectivity index (χ0v) is 15.4. The van der Waals surface area contributed by atoms with Crippen molar-refractivity contribution in [2.45, 2.75) is 66.2 Å². The number of esters is 1. The van der Waals surface area contributed by atoms with Crippen LogP contribution in [-0.4, -0.2) is 13.1 Å². The van der Waals surface area contributed by atoms with Crippen LogP contribution in [0.2, 0.25) is 0 Å². The largest absolute Gasteiger partial charge is 0.469 e. The molecule has 3 rings (SSSR count). The van der Waals surface area contributed by atoms with E-state index < -0.39 is 0 Å². The van der Waals surface area contributed by atoms with E-state index in [1.54, 1.807) is 12.7 Å². The Balaban J connectivity index is 1.94. The Kier molecular flexibility index (Phi) is 4.23. The molecule has 2 unspecified atom stereocenters. The number of rotatable bonds is 2. The zero-order chi connectivity index (χ0) is 16.8. The van der Waals surface area contributed by atoms with Gasteiger partial charge in [0.15, 0.2) is 0 Å². The lowest BCUT2D eigenvalue weighted by Crippen LogP contribution is -2.53. The topological polar surface area (TPSA) is 26.3 Å². The van der Waals surface area contributed by atoms with Crippen LogP contribution in [-0.2, 0) is 9.53 Å². The normalized spacial score (nSPS) is 39.9. The van der Waals surface area contributed by atoms with Crippen LogP contribution in [0.3, 0.4) is 0 Å². The van der Waals surface area contributed by atoms with Crippen LogP contribution < -0.4 is 0 Å². The SMILES string of the molecule is COC(=O)[C@@]1(C)CCC[C@]2(C)C3CC=C(C(C)C)C=C3CCC21. The fraction of sp³-hybridized carbons (Fsp3) is 0.762. The van der Waals surface area contributed by atoms with Crippen molar-refractivity contribution in [2.75, 3.05) is 7.11 Å². The van der Waals surface area contributed by atoms with E-state index in [0.717, 1.165) is 32.1 Å². The van der Waals surface area contributed by atoms with Gasteiger partial charge >= 0.3 is 5.97 Å². The number of hydrogen-bond acceptors (Lipinski definition) is 2. The number of ether oxygens (including phenoxy) is 1. The first-order chi connectivity index (χ1) is 10.8. The van der Waals surface area contributed by atoms with Crippen molar-refractivity contribution in [2.24, 2.45) is 28.6 Å². The number of carbonyl (C=O) groups is 1. The Bertz CT molecular complexity index is 556. The average molecular weight is 316 g/mol. The van der Waals surface area contributed by atoms with Crippen molar-refractivity contribution in [3.8, 4) is 0 Å². The molecule has 0 aromatic carbocycles. The van der Waals surface area contributed by atoms with Crippen molar-refractivity contribution in [1.29, 1.82) is 0 Å². The quantitative estimate of drug-likeness (QED) is 0.647. The monoisotopic (exact) mass is 316 g/mol. The third-order valence-electron chi connectivity index (χ3n) is 7.20. The second-order valence-electron chi connectivity index (χ2n) is 8.73. The van der Waals surface area contributed by atoms with Crippen LogP contribution in [0.1, 0.15) is 66.2 Å². The molecule has 0 aliphatic heterocycles. The van der Waals surface area contributed by atoms with Crippen LogP contribution in [0.15, 0.2) is 23.3 Å². The highest BCUT2D eigenvalue weighted by Crippen LogP contribution is 2.63. The van der Waals surface area contributed by atoms with Gasteiger partial charge in [0.05, 0.1) is 12.5 Å².